The van der Waals surface area contributed by atoms with Gasteiger partial charge >= 0.3 is 0 Å². The number of unbranched alkanes of at least 4 members (excludes halogenated alkanes) is 3. The maximum atomic E-state index is 13.6. The molecule has 30 heavy (non-hydrogen) atoms. The predicted octanol–water partition coefficient (Wildman–Crippen LogP) is 4.85. The van der Waals surface area contributed by atoms with Crippen LogP contribution in [0.1, 0.15) is 89.2 Å². The number of hydrogen-bond acceptors (Lipinski definition) is 3. The van der Waals surface area contributed by atoms with E-state index in [0.717, 1.165) is 62.9 Å². The smallest absolute Gasteiger partial charge is 0.250 e. The van der Waals surface area contributed by atoms with E-state index >= 15 is 0 Å². The monoisotopic (exact) mass is 412 g/mol. The molecule has 3 fully saturated rings. The Morgan fingerprint density at radius 2 is 1.63 bits per heavy atom. The molecular formula is C25H36N2O3. The molecule has 3 aliphatic rings. The molecule has 0 aromatic heterocycles. The number of benzene rings is 1. The van der Waals surface area contributed by atoms with Gasteiger partial charge in [-0.3, -0.25) is 9.59 Å². The lowest BCUT2D eigenvalue weighted by molar-refractivity contribution is -0.159. The van der Waals surface area contributed by atoms with Crippen LogP contribution in [0.3, 0.4) is 0 Å². The summed E-state index contributed by atoms with van der Waals surface area (Å²) < 4.78 is 5.87. The summed E-state index contributed by atoms with van der Waals surface area (Å²) in [7, 11) is 0. The fraction of sp³-hybridized carbons (Fsp3) is 0.680. The Morgan fingerprint density at radius 1 is 0.900 bits per heavy atom. The summed E-state index contributed by atoms with van der Waals surface area (Å²) in [6, 6.07) is 7.86. The zero-order valence-electron chi connectivity index (χ0n) is 18.4. The summed E-state index contributed by atoms with van der Waals surface area (Å²) in [5.74, 6) is 1.07. The van der Waals surface area contributed by atoms with Crippen molar-refractivity contribution in [1.29, 1.82) is 0 Å². The van der Waals surface area contributed by atoms with Gasteiger partial charge in [-0.05, 0) is 49.8 Å². The molecule has 1 atom stereocenters. The van der Waals surface area contributed by atoms with Gasteiger partial charge in [0, 0.05) is 12.1 Å². The van der Waals surface area contributed by atoms with Gasteiger partial charge in [0.25, 0.3) is 5.91 Å². The van der Waals surface area contributed by atoms with Gasteiger partial charge in [-0.1, -0.05) is 57.6 Å². The Kier molecular flexibility index (Phi) is 6.96. The molecule has 164 valence electrons. The van der Waals surface area contributed by atoms with Gasteiger partial charge < -0.3 is 14.5 Å². The molecule has 0 bridgehead atoms. The van der Waals surface area contributed by atoms with Crippen LogP contribution in [0.5, 0.6) is 5.75 Å². The molecule has 0 N–H and O–H groups in total. The molecule has 5 nitrogen and oxygen atoms in total. The molecule has 1 aromatic carbocycles. The fourth-order valence-electron chi connectivity index (χ4n) is 4.96. The molecule has 2 aliphatic carbocycles. The lowest BCUT2D eigenvalue weighted by Gasteiger charge is -2.44. The molecule has 0 unspecified atom stereocenters. The Hall–Kier alpha value is -2.04. The van der Waals surface area contributed by atoms with Crippen molar-refractivity contribution in [2.24, 2.45) is 0 Å². The van der Waals surface area contributed by atoms with E-state index in [-0.39, 0.29) is 30.4 Å². The minimum atomic E-state index is -0.473. The number of ether oxygens (including phenoxy) is 1. The van der Waals surface area contributed by atoms with Gasteiger partial charge in [-0.2, -0.15) is 0 Å². The van der Waals surface area contributed by atoms with Gasteiger partial charge in [0.05, 0.1) is 6.61 Å². The van der Waals surface area contributed by atoms with E-state index in [9.17, 15) is 9.59 Å². The first kappa shape index (κ1) is 21.2. The summed E-state index contributed by atoms with van der Waals surface area (Å²) >= 11 is 0. The summed E-state index contributed by atoms with van der Waals surface area (Å²) in [6.07, 6.45) is 12.4. The number of amides is 2. The van der Waals surface area contributed by atoms with Crippen LogP contribution in [0.2, 0.25) is 0 Å². The van der Waals surface area contributed by atoms with Gasteiger partial charge in [0.15, 0.2) is 0 Å². The number of carbonyl (C=O) groups excluding carboxylic acids is 2. The molecule has 1 saturated heterocycles. The minimum absolute atomic E-state index is 0.113. The van der Waals surface area contributed by atoms with Crippen LogP contribution < -0.4 is 4.74 Å². The first-order valence-electron chi connectivity index (χ1n) is 12.0. The first-order chi connectivity index (χ1) is 14.7. The summed E-state index contributed by atoms with van der Waals surface area (Å²) in [4.78, 5) is 30.4. The van der Waals surface area contributed by atoms with Gasteiger partial charge in [-0.25, -0.2) is 0 Å². The molecule has 2 amide bonds. The third-order valence-electron chi connectivity index (χ3n) is 6.81. The highest BCUT2D eigenvalue weighted by atomic mass is 16.5. The van der Waals surface area contributed by atoms with E-state index in [1.165, 1.54) is 25.7 Å². The van der Waals surface area contributed by atoms with E-state index in [1.807, 2.05) is 34.1 Å². The fourth-order valence-corrected chi connectivity index (χ4v) is 4.96. The third-order valence-corrected chi connectivity index (χ3v) is 6.81. The van der Waals surface area contributed by atoms with Crippen molar-refractivity contribution >= 4 is 11.8 Å². The van der Waals surface area contributed by atoms with E-state index in [1.54, 1.807) is 0 Å². The second kappa shape index (κ2) is 9.84. The Morgan fingerprint density at radius 3 is 2.30 bits per heavy atom. The molecule has 1 aliphatic heterocycles. The highest BCUT2D eigenvalue weighted by Crippen LogP contribution is 2.39. The summed E-state index contributed by atoms with van der Waals surface area (Å²) in [6.45, 7) is 3.19. The SMILES string of the molecule is CCCCCCOc1ccc([C@@H]2C(=O)N(C3CCCCC3)CC(=O)N2C2CC2)cc1. The quantitative estimate of drug-likeness (QED) is 0.545. The lowest BCUT2D eigenvalue weighted by atomic mass is 9.91. The Bertz CT molecular complexity index is 722. The second-order valence-corrected chi connectivity index (χ2v) is 9.17. The minimum Gasteiger partial charge on any atom is -0.494 e. The normalized spacial score (nSPS) is 23.2. The average Bonchev–Trinajstić information content (AvgIpc) is 3.61. The third kappa shape index (κ3) is 4.81. The predicted molar refractivity (Wildman–Crippen MR) is 117 cm³/mol. The average molecular weight is 413 g/mol. The molecule has 4 rings (SSSR count). The molecule has 5 heteroatoms. The standard InChI is InChI=1S/C25H36N2O3/c1-2-3-4-8-17-30-22-15-11-19(12-16-22)24-25(29)26(20-9-6-5-7-10-20)18-23(28)27(24)21-13-14-21/h11-12,15-16,20-21,24H,2-10,13-14,17-18H2,1H3/t24-/m1/s1. The van der Waals surface area contributed by atoms with Gasteiger partial charge in [-0.15, -0.1) is 0 Å². The summed E-state index contributed by atoms with van der Waals surface area (Å²) in [5, 5.41) is 0. The number of hydrogen-bond donors (Lipinski definition) is 0. The van der Waals surface area contributed by atoms with Crippen LogP contribution in [0.4, 0.5) is 0 Å². The number of rotatable bonds is 9. The second-order valence-electron chi connectivity index (χ2n) is 9.17. The van der Waals surface area contributed by atoms with Crippen LogP contribution in [-0.2, 0) is 9.59 Å². The van der Waals surface area contributed by atoms with Crippen molar-refractivity contribution < 1.29 is 14.3 Å². The van der Waals surface area contributed by atoms with Crippen molar-refractivity contribution in [3.63, 3.8) is 0 Å². The Labute approximate surface area is 180 Å². The molecule has 0 radical (unpaired) electrons. The molecule has 2 saturated carbocycles. The number of carbonyl (C=O) groups is 2. The molecule has 1 aromatic rings. The van der Waals surface area contributed by atoms with E-state index in [4.69, 9.17) is 4.74 Å². The van der Waals surface area contributed by atoms with E-state index in [2.05, 4.69) is 6.92 Å². The highest BCUT2D eigenvalue weighted by Gasteiger charge is 2.48. The summed E-state index contributed by atoms with van der Waals surface area (Å²) in [5.41, 5.74) is 0.916. The van der Waals surface area contributed by atoms with Crippen molar-refractivity contribution in [1.82, 2.24) is 9.80 Å². The van der Waals surface area contributed by atoms with E-state index in [0.29, 0.717) is 0 Å². The van der Waals surface area contributed by atoms with Crippen molar-refractivity contribution in [2.45, 2.75) is 95.7 Å². The maximum absolute atomic E-state index is 13.6. The Balaban J connectivity index is 1.47. The largest absolute Gasteiger partial charge is 0.494 e. The van der Waals surface area contributed by atoms with Crippen LogP contribution >= 0.6 is 0 Å². The molecular weight excluding hydrogens is 376 g/mol. The zero-order chi connectivity index (χ0) is 20.9. The topological polar surface area (TPSA) is 49.9 Å². The molecule has 1 heterocycles. The lowest BCUT2D eigenvalue weighted by Crippen LogP contribution is -2.59. The van der Waals surface area contributed by atoms with Crippen molar-refractivity contribution in [3.05, 3.63) is 29.8 Å². The van der Waals surface area contributed by atoms with Crippen LogP contribution in [0, 0.1) is 0 Å². The number of nitrogens with zero attached hydrogens (tertiary/aromatic N) is 2. The van der Waals surface area contributed by atoms with E-state index < -0.39 is 6.04 Å². The molecule has 0 spiro atoms. The maximum Gasteiger partial charge on any atom is 0.250 e. The van der Waals surface area contributed by atoms with Crippen molar-refractivity contribution in [3.8, 4) is 5.75 Å². The van der Waals surface area contributed by atoms with Crippen LogP contribution in [-0.4, -0.2) is 46.8 Å². The van der Waals surface area contributed by atoms with Gasteiger partial charge in [0.1, 0.15) is 18.3 Å². The highest BCUT2D eigenvalue weighted by molar-refractivity contribution is 5.96. The van der Waals surface area contributed by atoms with Crippen LogP contribution in [0.15, 0.2) is 24.3 Å². The van der Waals surface area contributed by atoms with Gasteiger partial charge in [0.2, 0.25) is 5.91 Å². The number of piperazine rings is 1. The van der Waals surface area contributed by atoms with Crippen LogP contribution in [0.25, 0.3) is 0 Å². The van der Waals surface area contributed by atoms with Crippen molar-refractivity contribution in [2.75, 3.05) is 13.2 Å². The first-order valence-corrected chi connectivity index (χ1v) is 12.0. The zero-order valence-corrected chi connectivity index (χ0v) is 18.4.